The Morgan fingerprint density at radius 3 is 2.88 bits per heavy atom. The van der Waals surface area contributed by atoms with Crippen LogP contribution in [0.5, 0.6) is 0 Å². The van der Waals surface area contributed by atoms with Crippen molar-refractivity contribution in [2.24, 2.45) is 0 Å². The molecule has 0 saturated heterocycles. The third kappa shape index (κ3) is 1.45. The molecule has 3 aromatic rings. The minimum absolute atomic E-state index is 0.0741. The van der Waals surface area contributed by atoms with Crippen molar-refractivity contribution < 1.29 is 4.79 Å². The topological polar surface area (TPSA) is 75.7 Å². The predicted molar refractivity (Wildman–Crippen MR) is 64.6 cm³/mol. The Morgan fingerprint density at radius 2 is 2.12 bits per heavy atom. The van der Waals surface area contributed by atoms with Crippen LogP contribution in [0.1, 0.15) is 17.3 Å². The summed E-state index contributed by atoms with van der Waals surface area (Å²) in [6, 6.07) is 3.59. The van der Waals surface area contributed by atoms with Crippen LogP contribution in [0, 0.1) is 0 Å². The molecule has 2 heterocycles. The summed E-state index contributed by atoms with van der Waals surface area (Å²) in [5, 5.41) is 0.471. The summed E-state index contributed by atoms with van der Waals surface area (Å²) in [7, 11) is 0. The number of ketones is 1. The van der Waals surface area contributed by atoms with Crippen LogP contribution in [0.15, 0.2) is 23.1 Å². The van der Waals surface area contributed by atoms with Crippen LogP contribution in [-0.4, -0.2) is 33.7 Å². The number of rotatable bonds is 1. The molecule has 0 atom stereocenters. The first-order valence-corrected chi connectivity index (χ1v) is 6.57. The van der Waals surface area contributed by atoms with Crippen molar-refractivity contribution in [3.63, 3.8) is 0 Å². The quantitative estimate of drug-likeness (QED) is 0.530. The first kappa shape index (κ1) is 10.4. The number of H-pyrrole nitrogens is 1. The van der Waals surface area contributed by atoms with Gasteiger partial charge in [0.15, 0.2) is 0 Å². The van der Waals surface area contributed by atoms with Crippen LogP contribution in [0.4, 0.5) is 0 Å². The van der Waals surface area contributed by atoms with Gasteiger partial charge in [-0.05, 0) is 0 Å². The normalized spacial score (nSPS) is 11.1. The van der Waals surface area contributed by atoms with Gasteiger partial charge in [0.25, 0.3) is 0 Å². The van der Waals surface area contributed by atoms with Gasteiger partial charge < -0.3 is 0 Å². The van der Waals surface area contributed by atoms with Crippen LogP contribution >= 0.6 is 0 Å². The molecule has 6 heteroatoms. The molecule has 0 unspecified atom stereocenters. The van der Waals surface area contributed by atoms with Gasteiger partial charge in [-0.1, -0.05) is 0 Å². The van der Waals surface area contributed by atoms with Gasteiger partial charge in [-0.3, -0.25) is 0 Å². The molecule has 0 aliphatic heterocycles. The molecule has 84 valence electrons. The number of fused-ring (bicyclic) bond motifs is 3. The molecular weight excluding hydrogens is 285 g/mol. The summed E-state index contributed by atoms with van der Waals surface area (Å²) in [5.41, 5.74) is 1.95. The molecule has 0 amide bonds. The summed E-state index contributed by atoms with van der Waals surface area (Å²) in [5.74, 6) is -0.262. The number of aromatic amines is 1. The minimum atomic E-state index is -0.264. The Morgan fingerprint density at radius 1 is 1.35 bits per heavy atom. The van der Waals surface area contributed by atoms with Gasteiger partial charge in [-0.15, -0.1) is 0 Å². The van der Waals surface area contributed by atoms with E-state index in [2.05, 4.69) is 12.9 Å². The standard InChI is InChI=1S/C11H7N3O2Se/c1-5(15)6-4-12-7-2-3-8-10(14-17-13-8)9(7)11(6)16/h2-4,14H,1H3. The molecule has 0 aliphatic rings. The van der Waals surface area contributed by atoms with Gasteiger partial charge in [0.1, 0.15) is 0 Å². The van der Waals surface area contributed by atoms with Gasteiger partial charge >= 0.3 is 101 Å². The Balaban J connectivity index is 2.60. The van der Waals surface area contributed by atoms with E-state index in [1.807, 2.05) is 6.07 Å². The summed E-state index contributed by atoms with van der Waals surface area (Å²) in [4.78, 5) is 27.7. The zero-order chi connectivity index (χ0) is 12.0. The van der Waals surface area contributed by atoms with Crippen molar-refractivity contribution in [2.75, 3.05) is 0 Å². The number of carbonyl (C=O) groups excluding carboxylic acids is 1. The third-order valence-electron chi connectivity index (χ3n) is 2.64. The number of hydrogen-bond donors (Lipinski definition) is 1. The molecule has 0 spiro atoms. The van der Waals surface area contributed by atoms with Gasteiger partial charge in [0.05, 0.1) is 0 Å². The van der Waals surface area contributed by atoms with E-state index in [4.69, 9.17) is 0 Å². The first-order valence-electron chi connectivity index (χ1n) is 4.95. The van der Waals surface area contributed by atoms with Crippen LogP contribution in [0.2, 0.25) is 0 Å². The number of aromatic nitrogens is 3. The fraction of sp³-hybridized carbons (Fsp3) is 0.0909. The summed E-state index contributed by atoms with van der Waals surface area (Å²) >= 11 is -0.0741. The molecule has 2 aromatic heterocycles. The predicted octanol–water partition coefficient (Wildman–Crippen LogP) is 0.731. The molecule has 0 bridgehead atoms. The molecule has 17 heavy (non-hydrogen) atoms. The number of hydrogen-bond acceptors (Lipinski definition) is 4. The zero-order valence-corrected chi connectivity index (χ0v) is 10.6. The maximum absolute atomic E-state index is 12.2. The number of nitrogens with one attached hydrogen (secondary N) is 1. The molecule has 3 rings (SSSR count). The van der Waals surface area contributed by atoms with Crippen molar-refractivity contribution in [1.29, 1.82) is 0 Å². The summed E-state index contributed by atoms with van der Waals surface area (Å²) < 4.78 is 7.36. The third-order valence-corrected chi connectivity index (χ3v) is 3.86. The number of nitrogens with zero attached hydrogens (tertiary/aromatic N) is 2. The molecule has 0 aliphatic carbocycles. The summed E-state index contributed by atoms with van der Waals surface area (Å²) in [6.07, 6.45) is 1.34. The van der Waals surface area contributed by atoms with Crippen LogP contribution in [-0.2, 0) is 0 Å². The number of carbonyl (C=O) groups is 1. The fourth-order valence-corrected chi connectivity index (χ4v) is 3.04. The average molecular weight is 292 g/mol. The molecule has 0 saturated carbocycles. The molecule has 1 N–H and O–H groups in total. The number of pyridine rings is 1. The molecular formula is C11H7N3O2Se. The Kier molecular flexibility index (Phi) is 2.21. The first-order chi connectivity index (χ1) is 8.18. The maximum atomic E-state index is 12.2. The number of benzene rings is 1. The van der Waals surface area contributed by atoms with E-state index in [0.29, 0.717) is 16.4 Å². The van der Waals surface area contributed by atoms with E-state index in [0.717, 1.165) is 5.52 Å². The van der Waals surface area contributed by atoms with E-state index in [1.54, 1.807) is 6.07 Å². The van der Waals surface area contributed by atoms with E-state index in [-0.39, 0.29) is 31.7 Å². The van der Waals surface area contributed by atoms with Gasteiger partial charge in [-0.2, -0.15) is 0 Å². The Hall–Kier alpha value is -1.78. The zero-order valence-electron chi connectivity index (χ0n) is 8.85. The molecule has 0 radical (unpaired) electrons. The van der Waals surface area contributed by atoms with Crippen molar-refractivity contribution in [2.45, 2.75) is 6.92 Å². The van der Waals surface area contributed by atoms with Crippen LogP contribution in [0.3, 0.4) is 0 Å². The average Bonchev–Trinajstić information content (AvgIpc) is 2.76. The SMILES string of the molecule is CC(=O)c1cnc2ccc3n[se][nH]c3c2c1=O. The molecule has 0 fully saturated rings. The second-order valence-electron chi connectivity index (χ2n) is 3.70. The van der Waals surface area contributed by atoms with Crippen molar-refractivity contribution in [3.8, 4) is 0 Å². The monoisotopic (exact) mass is 293 g/mol. The van der Waals surface area contributed by atoms with Crippen molar-refractivity contribution in [1.82, 2.24) is 12.9 Å². The van der Waals surface area contributed by atoms with Crippen molar-refractivity contribution >= 4 is 42.7 Å². The van der Waals surface area contributed by atoms with E-state index in [9.17, 15) is 9.59 Å². The Bertz CT molecular complexity index is 803. The fourth-order valence-electron chi connectivity index (χ4n) is 1.79. The van der Waals surface area contributed by atoms with Gasteiger partial charge in [0.2, 0.25) is 0 Å². The van der Waals surface area contributed by atoms with E-state index >= 15 is 0 Å². The van der Waals surface area contributed by atoms with Gasteiger partial charge in [0, 0.05) is 0 Å². The molecule has 5 nitrogen and oxygen atoms in total. The van der Waals surface area contributed by atoms with Crippen molar-refractivity contribution in [3.05, 3.63) is 34.1 Å². The molecule has 1 aromatic carbocycles. The van der Waals surface area contributed by atoms with E-state index in [1.165, 1.54) is 13.1 Å². The van der Waals surface area contributed by atoms with Gasteiger partial charge in [-0.25, -0.2) is 0 Å². The number of Topliss-reactive ketones (excluding diaryl/α,β-unsaturated/α-hetero) is 1. The van der Waals surface area contributed by atoms with Crippen LogP contribution in [0.25, 0.3) is 21.9 Å². The van der Waals surface area contributed by atoms with E-state index < -0.39 is 0 Å². The second-order valence-corrected chi connectivity index (χ2v) is 4.89. The summed E-state index contributed by atoms with van der Waals surface area (Å²) in [6.45, 7) is 1.37. The second kappa shape index (κ2) is 3.61. The van der Waals surface area contributed by atoms with Crippen LogP contribution < -0.4 is 5.43 Å². The Labute approximate surface area is 102 Å².